The molecule has 1 aromatic carbocycles. The highest BCUT2D eigenvalue weighted by molar-refractivity contribution is 5.95. The molecule has 27 heavy (non-hydrogen) atoms. The minimum absolute atomic E-state index is 0.0155. The van der Waals surface area contributed by atoms with Crippen LogP contribution in [0.4, 0.5) is 10.5 Å². The Labute approximate surface area is 159 Å². The lowest BCUT2D eigenvalue weighted by Gasteiger charge is -2.19. The second-order valence-corrected chi connectivity index (χ2v) is 6.94. The zero-order valence-electron chi connectivity index (χ0n) is 16.2. The molecule has 1 aliphatic carbocycles. The lowest BCUT2D eigenvalue weighted by Crippen LogP contribution is -3.14. The van der Waals surface area contributed by atoms with Gasteiger partial charge in [-0.15, -0.1) is 0 Å². The minimum Gasteiger partial charge on any atom is -0.379 e. The summed E-state index contributed by atoms with van der Waals surface area (Å²) in [5.74, 6) is -0.608. The quantitative estimate of drug-likeness (QED) is 0.477. The topological polar surface area (TPSA) is 101 Å². The number of hydrogen-bond donors (Lipinski definition) is 4. The maximum absolute atomic E-state index is 12.4. The van der Waals surface area contributed by atoms with E-state index in [-0.39, 0.29) is 25.0 Å². The molecule has 1 saturated carbocycles. The molecule has 8 nitrogen and oxygen atoms in total. The third-order valence-corrected chi connectivity index (χ3v) is 4.53. The number of carbonyl (C=O) groups excluding carboxylic acids is 3. The van der Waals surface area contributed by atoms with E-state index in [1.165, 1.54) is 0 Å². The van der Waals surface area contributed by atoms with Gasteiger partial charge in [0.2, 0.25) is 0 Å². The molecule has 4 amide bonds. The van der Waals surface area contributed by atoms with E-state index in [0.717, 1.165) is 34.6 Å². The zero-order valence-corrected chi connectivity index (χ0v) is 16.2. The number of benzene rings is 1. The van der Waals surface area contributed by atoms with E-state index in [4.69, 9.17) is 4.74 Å². The zero-order chi connectivity index (χ0) is 19.8. The summed E-state index contributed by atoms with van der Waals surface area (Å²) in [5, 5.41) is 7.91. The summed E-state index contributed by atoms with van der Waals surface area (Å²) in [5.41, 5.74) is 2.87. The second-order valence-electron chi connectivity index (χ2n) is 6.94. The van der Waals surface area contributed by atoms with Crippen molar-refractivity contribution in [2.45, 2.75) is 32.7 Å². The maximum Gasteiger partial charge on any atom is 0.321 e. The van der Waals surface area contributed by atoms with Crippen LogP contribution in [0, 0.1) is 13.8 Å². The first-order valence-electron chi connectivity index (χ1n) is 9.18. The number of aryl methyl sites for hydroxylation is 1. The second kappa shape index (κ2) is 10.0. The molecule has 8 heteroatoms. The van der Waals surface area contributed by atoms with Crippen molar-refractivity contribution in [3.05, 3.63) is 29.3 Å². The Morgan fingerprint density at radius 3 is 2.52 bits per heavy atom. The summed E-state index contributed by atoms with van der Waals surface area (Å²) in [6.45, 7) is 4.95. The predicted octanol–water partition coefficient (Wildman–Crippen LogP) is -0.239. The molecule has 0 radical (unpaired) electrons. The van der Waals surface area contributed by atoms with Crippen LogP contribution in [0.5, 0.6) is 0 Å². The molecule has 0 aliphatic heterocycles. The monoisotopic (exact) mass is 377 g/mol. The van der Waals surface area contributed by atoms with Gasteiger partial charge in [0, 0.05) is 18.8 Å². The molecule has 2 rings (SSSR count). The maximum atomic E-state index is 12.4. The number of ether oxygens (including phenoxy) is 1. The Hall–Kier alpha value is -2.45. The fraction of sp³-hybridized carbons (Fsp3) is 0.526. The Balaban J connectivity index is 1.87. The lowest BCUT2D eigenvalue weighted by atomic mass is 10.1. The Bertz CT molecular complexity index is 688. The highest BCUT2D eigenvalue weighted by Gasteiger charge is 2.25. The van der Waals surface area contributed by atoms with Crippen molar-refractivity contribution in [1.82, 2.24) is 10.6 Å². The van der Waals surface area contributed by atoms with E-state index in [2.05, 4.69) is 16.0 Å². The normalized spacial score (nSPS) is 14.3. The average molecular weight is 377 g/mol. The van der Waals surface area contributed by atoms with Gasteiger partial charge in [-0.1, -0.05) is 12.1 Å². The molecule has 0 heterocycles. The van der Waals surface area contributed by atoms with Gasteiger partial charge < -0.3 is 20.3 Å². The van der Waals surface area contributed by atoms with Crippen LogP contribution in [0.15, 0.2) is 18.2 Å². The number of methoxy groups -OCH3 is 1. The van der Waals surface area contributed by atoms with E-state index >= 15 is 0 Å². The van der Waals surface area contributed by atoms with E-state index in [1.807, 2.05) is 32.0 Å². The lowest BCUT2D eigenvalue weighted by molar-refractivity contribution is -0.884. The van der Waals surface area contributed by atoms with Crippen LogP contribution in [0.25, 0.3) is 0 Å². The molecule has 1 aromatic rings. The van der Waals surface area contributed by atoms with Crippen molar-refractivity contribution >= 4 is 23.5 Å². The predicted molar refractivity (Wildman–Crippen MR) is 102 cm³/mol. The Morgan fingerprint density at radius 1 is 1.15 bits per heavy atom. The van der Waals surface area contributed by atoms with Crippen LogP contribution in [0.3, 0.4) is 0 Å². The van der Waals surface area contributed by atoms with Crippen molar-refractivity contribution in [2.24, 2.45) is 0 Å². The number of anilines is 1. The SMILES string of the molecule is COCC[NH+](CC(=O)NC(=O)NC1CC1)CC(=O)Nc1cccc(C)c1C. The van der Waals surface area contributed by atoms with Crippen molar-refractivity contribution in [2.75, 3.05) is 38.7 Å². The first kappa shape index (κ1) is 20.9. The molecule has 1 unspecified atom stereocenters. The number of hydrogen-bond acceptors (Lipinski definition) is 4. The molecule has 0 aromatic heterocycles. The van der Waals surface area contributed by atoms with Gasteiger partial charge in [0.05, 0.1) is 6.61 Å². The van der Waals surface area contributed by atoms with Gasteiger partial charge in [-0.25, -0.2) is 4.79 Å². The molecule has 0 bridgehead atoms. The summed E-state index contributed by atoms with van der Waals surface area (Å²) in [7, 11) is 1.57. The van der Waals surface area contributed by atoms with Gasteiger partial charge in [0.25, 0.3) is 11.8 Å². The van der Waals surface area contributed by atoms with Crippen molar-refractivity contribution < 1.29 is 24.0 Å². The van der Waals surface area contributed by atoms with Crippen LogP contribution >= 0.6 is 0 Å². The molecular formula is C19H29N4O4+. The third kappa shape index (κ3) is 7.36. The van der Waals surface area contributed by atoms with E-state index in [9.17, 15) is 14.4 Å². The highest BCUT2D eigenvalue weighted by Crippen LogP contribution is 2.18. The van der Waals surface area contributed by atoms with E-state index in [1.54, 1.807) is 7.11 Å². The van der Waals surface area contributed by atoms with Crippen LogP contribution in [0.1, 0.15) is 24.0 Å². The van der Waals surface area contributed by atoms with E-state index in [0.29, 0.717) is 13.2 Å². The molecule has 1 aliphatic rings. The summed E-state index contributed by atoms with van der Waals surface area (Å²) in [4.78, 5) is 36.9. The van der Waals surface area contributed by atoms with Gasteiger partial charge in [0.15, 0.2) is 13.1 Å². The van der Waals surface area contributed by atoms with Crippen LogP contribution in [-0.4, -0.2) is 57.2 Å². The fourth-order valence-electron chi connectivity index (χ4n) is 2.64. The summed E-state index contributed by atoms with van der Waals surface area (Å²) < 4.78 is 5.07. The molecule has 148 valence electrons. The number of quaternary nitrogens is 1. The van der Waals surface area contributed by atoms with Gasteiger partial charge in [-0.05, 0) is 43.9 Å². The third-order valence-electron chi connectivity index (χ3n) is 4.53. The minimum atomic E-state index is -0.478. The van der Waals surface area contributed by atoms with E-state index < -0.39 is 11.9 Å². The largest absolute Gasteiger partial charge is 0.379 e. The smallest absolute Gasteiger partial charge is 0.321 e. The Morgan fingerprint density at radius 2 is 1.85 bits per heavy atom. The van der Waals surface area contributed by atoms with Gasteiger partial charge >= 0.3 is 6.03 Å². The number of urea groups is 1. The van der Waals surface area contributed by atoms with Gasteiger partial charge in [0.1, 0.15) is 6.54 Å². The first-order chi connectivity index (χ1) is 12.9. The number of rotatable bonds is 9. The fourth-order valence-corrected chi connectivity index (χ4v) is 2.64. The molecule has 1 fully saturated rings. The summed E-state index contributed by atoms with van der Waals surface area (Å²) in [6.07, 6.45) is 1.90. The number of imide groups is 1. The number of amides is 4. The van der Waals surface area contributed by atoms with Crippen LogP contribution in [0.2, 0.25) is 0 Å². The molecule has 0 saturated heterocycles. The van der Waals surface area contributed by atoms with Crippen LogP contribution < -0.4 is 20.9 Å². The number of carbonyl (C=O) groups is 3. The van der Waals surface area contributed by atoms with Gasteiger partial charge in [-0.2, -0.15) is 0 Å². The van der Waals surface area contributed by atoms with Crippen molar-refractivity contribution in [1.29, 1.82) is 0 Å². The molecular weight excluding hydrogens is 348 g/mol. The number of nitrogens with one attached hydrogen (secondary N) is 4. The molecule has 1 atom stereocenters. The molecule has 4 N–H and O–H groups in total. The van der Waals surface area contributed by atoms with Crippen molar-refractivity contribution in [3.8, 4) is 0 Å². The highest BCUT2D eigenvalue weighted by atomic mass is 16.5. The standard InChI is InChI=1S/C19H28N4O4/c1-13-5-4-6-16(14(13)2)21-17(24)11-23(9-10-27-3)12-18(25)22-19(26)20-15-7-8-15/h4-6,15H,7-12H2,1-3H3,(H,21,24)(H2,20,22,25,26)/p+1. The summed E-state index contributed by atoms with van der Waals surface area (Å²) >= 11 is 0. The van der Waals surface area contributed by atoms with Crippen LogP contribution in [-0.2, 0) is 14.3 Å². The average Bonchev–Trinajstić information content (AvgIpc) is 3.40. The summed E-state index contributed by atoms with van der Waals surface area (Å²) in [6, 6.07) is 5.42. The Kier molecular flexibility index (Phi) is 7.75. The molecule has 0 spiro atoms. The van der Waals surface area contributed by atoms with Crippen molar-refractivity contribution in [3.63, 3.8) is 0 Å². The van der Waals surface area contributed by atoms with Gasteiger partial charge in [-0.3, -0.25) is 14.9 Å². The first-order valence-corrected chi connectivity index (χ1v) is 9.18.